The van der Waals surface area contributed by atoms with Gasteiger partial charge in [0, 0.05) is 20.1 Å². The Balaban J connectivity index is 2.15. The van der Waals surface area contributed by atoms with Gasteiger partial charge in [-0.3, -0.25) is 0 Å². The maximum absolute atomic E-state index is 11.0. The van der Waals surface area contributed by atoms with E-state index in [1.165, 1.54) is 11.2 Å². The van der Waals surface area contributed by atoms with Crippen LogP contribution in [0.25, 0.3) is 0 Å². The third kappa shape index (κ3) is 2.86. The Morgan fingerprint density at radius 1 is 1.63 bits per heavy atom. The molecular weight excluding hydrogens is 248 g/mol. The molecule has 1 atom stereocenters. The summed E-state index contributed by atoms with van der Waals surface area (Å²) in [4.78, 5) is 22.5. The number of piperidine rings is 1. The van der Waals surface area contributed by atoms with Crippen LogP contribution in [0.1, 0.15) is 12.8 Å². The molecule has 2 rings (SSSR count). The van der Waals surface area contributed by atoms with Gasteiger partial charge < -0.3 is 19.6 Å². The molecule has 1 fully saturated rings. The largest absolute Gasteiger partial charge is 0.479 e. The Morgan fingerprint density at radius 3 is 3.11 bits per heavy atom. The Labute approximate surface area is 111 Å². The van der Waals surface area contributed by atoms with Gasteiger partial charge in [0.05, 0.1) is 19.3 Å². The van der Waals surface area contributed by atoms with Crippen LogP contribution in [0, 0.1) is 0 Å². The number of amides is 1. The lowest BCUT2D eigenvalue weighted by molar-refractivity contribution is 0.133. The lowest BCUT2D eigenvalue weighted by atomic mass is 10.0. The summed E-state index contributed by atoms with van der Waals surface area (Å²) in [5.74, 6) is 0.522. The molecule has 1 aliphatic rings. The van der Waals surface area contributed by atoms with Gasteiger partial charge in [-0.05, 0) is 12.8 Å². The number of ether oxygens (including phenoxy) is 1. The zero-order valence-corrected chi connectivity index (χ0v) is 11.1. The molecule has 1 saturated heterocycles. The molecular formula is C12H18N4O3. The molecule has 1 unspecified atom stereocenters. The fraction of sp³-hybridized carbons (Fsp3) is 0.583. The Morgan fingerprint density at radius 2 is 2.42 bits per heavy atom. The third-order valence-electron chi connectivity index (χ3n) is 3.44. The summed E-state index contributed by atoms with van der Waals surface area (Å²) < 4.78 is 5.22. The van der Waals surface area contributed by atoms with Crippen molar-refractivity contribution in [1.29, 1.82) is 0 Å². The number of anilines is 1. The maximum Gasteiger partial charge on any atom is 0.407 e. The smallest absolute Gasteiger partial charge is 0.407 e. The van der Waals surface area contributed by atoms with Gasteiger partial charge in [-0.25, -0.2) is 14.8 Å². The van der Waals surface area contributed by atoms with Crippen LogP contribution in [0.2, 0.25) is 0 Å². The first-order chi connectivity index (χ1) is 9.13. The molecule has 0 bridgehead atoms. The monoisotopic (exact) mass is 266 g/mol. The van der Waals surface area contributed by atoms with Crippen molar-refractivity contribution < 1.29 is 14.6 Å². The summed E-state index contributed by atoms with van der Waals surface area (Å²) in [6, 6.07) is -0.0174. The highest BCUT2D eigenvalue weighted by molar-refractivity contribution is 5.65. The summed E-state index contributed by atoms with van der Waals surface area (Å²) in [6.07, 6.45) is 4.04. The van der Waals surface area contributed by atoms with E-state index in [-0.39, 0.29) is 6.04 Å². The van der Waals surface area contributed by atoms with Gasteiger partial charge in [0.2, 0.25) is 5.88 Å². The summed E-state index contributed by atoms with van der Waals surface area (Å²) in [5, 5.41) is 9.05. The summed E-state index contributed by atoms with van der Waals surface area (Å²) in [6.45, 7) is 1.49. The Hall–Kier alpha value is -2.05. The normalized spacial score (nSPS) is 19.1. The van der Waals surface area contributed by atoms with Crippen LogP contribution >= 0.6 is 0 Å². The number of likely N-dealkylation sites (N-methyl/N-ethyl adjacent to an activating group) is 1. The molecule has 1 N–H and O–H groups in total. The minimum absolute atomic E-state index is 0.0174. The zero-order valence-electron chi connectivity index (χ0n) is 11.1. The van der Waals surface area contributed by atoms with Crippen LogP contribution in [-0.2, 0) is 0 Å². The molecule has 1 amide bonds. The van der Waals surface area contributed by atoms with Gasteiger partial charge in [0.15, 0.2) is 0 Å². The molecule has 19 heavy (non-hydrogen) atoms. The topological polar surface area (TPSA) is 78.8 Å². The number of carbonyl (C=O) groups is 1. The van der Waals surface area contributed by atoms with Gasteiger partial charge in [0.25, 0.3) is 0 Å². The van der Waals surface area contributed by atoms with Crippen LogP contribution in [-0.4, -0.2) is 59.4 Å². The molecule has 0 aromatic carbocycles. The van der Waals surface area contributed by atoms with Crippen molar-refractivity contribution in [2.45, 2.75) is 18.9 Å². The lowest BCUT2D eigenvalue weighted by Crippen LogP contribution is -2.48. The quantitative estimate of drug-likeness (QED) is 0.881. The van der Waals surface area contributed by atoms with Gasteiger partial charge in [-0.2, -0.15) is 0 Å². The van der Waals surface area contributed by atoms with Crippen molar-refractivity contribution in [2.75, 3.05) is 32.1 Å². The molecule has 104 valence electrons. The van der Waals surface area contributed by atoms with Gasteiger partial charge in [-0.15, -0.1) is 0 Å². The Kier molecular flexibility index (Phi) is 4.03. The van der Waals surface area contributed by atoms with Crippen LogP contribution in [0.5, 0.6) is 5.88 Å². The van der Waals surface area contributed by atoms with E-state index in [1.54, 1.807) is 20.4 Å². The van der Waals surface area contributed by atoms with E-state index in [4.69, 9.17) is 9.84 Å². The van der Waals surface area contributed by atoms with Gasteiger partial charge in [-0.1, -0.05) is 0 Å². The standard InChI is InChI=1S/C12H18N4O3/c1-15(12(17)18)9-4-3-5-16(7-9)10-6-13-8-14-11(10)19-2/h6,8-9H,3-5,7H2,1-2H3,(H,17,18). The highest BCUT2D eigenvalue weighted by Gasteiger charge is 2.27. The van der Waals surface area contributed by atoms with Crippen molar-refractivity contribution in [3.8, 4) is 5.88 Å². The second kappa shape index (κ2) is 5.73. The average Bonchev–Trinajstić information content (AvgIpc) is 2.46. The molecule has 0 saturated carbocycles. The van der Waals surface area contributed by atoms with Crippen LogP contribution in [0.3, 0.4) is 0 Å². The van der Waals surface area contributed by atoms with Crippen molar-refractivity contribution in [3.63, 3.8) is 0 Å². The van der Waals surface area contributed by atoms with E-state index >= 15 is 0 Å². The van der Waals surface area contributed by atoms with Gasteiger partial charge in [0.1, 0.15) is 12.0 Å². The minimum Gasteiger partial charge on any atom is -0.479 e. The highest BCUT2D eigenvalue weighted by atomic mass is 16.5. The Bertz CT molecular complexity index is 454. The molecule has 0 aliphatic carbocycles. The SMILES string of the molecule is COc1ncncc1N1CCCC(N(C)C(=O)O)C1. The predicted octanol–water partition coefficient (Wildman–Crippen LogP) is 1.06. The summed E-state index contributed by atoms with van der Waals surface area (Å²) in [5.41, 5.74) is 0.813. The second-order valence-electron chi connectivity index (χ2n) is 4.55. The van der Waals surface area contributed by atoms with E-state index in [9.17, 15) is 4.79 Å². The maximum atomic E-state index is 11.0. The van der Waals surface area contributed by atoms with E-state index < -0.39 is 6.09 Å². The van der Waals surface area contributed by atoms with E-state index in [0.29, 0.717) is 12.4 Å². The van der Waals surface area contributed by atoms with E-state index in [0.717, 1.165) is 25.1 Å². The van der Waals surface area contributed by atoms with Crippen LogP contribution in [0.4, 0.5) is 10.5 Å². The molecule has 1 aromatic rings. The molecule has 1 aromatic heterocycles. The molecule has 2 heterocycles. The number of aromatic nitrogens is 2. The molecule has 0 spiro atoms. The number of carboxylic acid groups (broad SMARTS) is 1. The van der Waals surface area contributed by atoms with Crippen molar-refractivity contribution in [3.05, 3.63) is 12.5 Å². The summed E-state index contributed by atoms with van der Waals surface area (Å²) in [7, 11) is 3.17. The third-order valence-corrected chi connectivity index (χ3v) is 3.44. The molecule has 0 radical (unpaired) electrons. The van der Waals surface area contributed by atoms with Crippen molar-refractivity contribution >= 4 is 11.8 Å². The summed E-state index contributed by atoms with van der Waals surface area (Å²) >= 11 is 0. The number of nitrogens with zero attached hydrogens (tertiary/aromatic N) is 4. The van der Waals surface area contributed by atoms with E-state index in [2.05, 4.69) is 14.9 Å². The van der Waals surface area contributed by atoms with Crippen LogP contribution in [0.15, 0.2) is 12.5 Å². The van der Waals surface area contributed by atoms with Gasteiger partial charge >= 0.3 is 6.09 Å². The first-order valence-corrected chi connectivity index (χ1v) is 6.18. The number of hydrogen-bond donors (Lipinski definition) is 1. The fourth-order valence-corrected chi connectivity index (χ4v) is 2.33. The molecule has 7 heteroatoms. The predicted molar refractivity (Wildman–Crippen MR) is 69.6 cm³/mol. The molecule has 7 nitrogen and oxygen atoms in total. The van der Waals surface area contributed by atoms with Crippen LogP contribution < -0.4 is 9.64 Å². The van der Waals surface area contributed by atoms with Crippen molar-refractivity contribution in [1.82, 2.24) is 14.9 Å². The fourth-order valence-electron chi connectivity index (χ4n) is 2.33. The van der Waals surface area contributed by atoms with Crippen molar-refractivity contribution in [2.24, 2.45) is 0 Å². The average molecular weight is 266 g/mol. The minimum atomic E-state index is -0.900. The highest BCUT2D eigenvalue weighted by Crippen LogP contribution is 2.28. The first-order valence-electron chi connectivity index (χ1n) is 6.18. The zero-order chi connectivity index (χ0) is 13.8. The lowest BCUT2D eigenvalue weighted by Gasteiger charge is -2.37. The number of rotatable bonds is 3. The molecule has 1 aliphatic heterocycles. The van der Waals surface area contributed by atoms with E-state index in [1.807, 2.05) is 0 Å². The second-order valence-corrected chi connectivity index (χ2v) is 4.55. The first kappa shape index (κ1) is 13.4. The number of methoxy groups -OCH3 is 1. The number of hydrogen-bond acceptors (Lipinski definition) is 5.